The van der Waals surface area contributed by atoms with Gasteiger partial charge in [-0.1, -0.05) is 26.0 Å². The Balaban J connectivity index is 2.82. The lowest BCUT2D eigenvalue weighted by Crippen LogP contribution is -1.95. The van der Waals surface area contributed by atoms with Crippen LogP contribution >= 0.6 is 0 Å². The standard InChI is InChI=1S/C16H20O4/c1-3-9-20-16-10-12(6-8-15(16)19)5-7-14(18)11-13(17)4-2/h5-8,10-11,18-19H,3-4,9H2,1-2H3. The highest BCUT2D eigenvalue weighted by Gasteiger charge is 2.02. The van der Waals surface area contributed by atoms with Gasteiger partial charge < -0.3 is 14.9 Å². The summed E-state index contributed by atoms with van der Waals surface area (Å²) < 4.78 is 5.40. The van der Waals surface area contributed by atoms with Gasteiger partial charge in [0.25, 0.3) is 0 Å². The van der Waals surface area contributed by atoms with Crippen LogP contribution in [0.1, 0.15) is 32.3 Å². The van der Waals surface area contributed by atoms with E-state index < -0.39 is 0 Å². The maximum Gasteiger partial charge on any atom is 0.161 e. The van der Waals surface area contributed by atoms with E-state index in [2.05, 4.69) is 0 Å². The average molecular weight is 276 g/mol. The number of hydrogen-bond acceptors (Lipinski definition) is 4. The molecule has 0 heterocycles. The fraction of sp³-hybridized carbons (Fsp3) is 0.312. The lowest BCUT2D eigenvalue weighted by Gasteiger charge is -2.07. The quantitative estimate of drug-likeness (QED) is 0.453. The third kappa shape index (κ3) is 5.18. The van der Waals surface area contributed by atoms with Crippen LogP contribution in [0.5, 0.6) is 11.5 Å². The van der Waals surface area contributed by atoms with E-state index >= 15 is 0 Å². The molecule has 2 N–H and O–H groups in total. The summed E-state index contributed by atoms with van der Waals surface area (Å²) in [6, 6.07) is 4.90. The Kier molecular flexibility index (Phi) is 6.37. The number of carbonyl (C=O) groups is 1. The maximum absolute atomic E-state index is 11.1. The summed E-state index contributed by atoms with van der Waals surface area (Å²) in [7, 11) is 0. The third-order valence-electron chi connectivity index (χ3n) is 2.55. The molecule has 108 valence electrons. The molecule has 0 unspecified atom stereocenters. The number of allylic oxidation sites excluding steroid dienone is 2. The Morgan fingerprint density at radius 1 is 1.35 bits per heavy atom. The van der Waals surface area contributed by atoms with Crippen molar-refractivity contribution in [3.8, 4) is 11.5 Å². The predicted molar refractivity (Wildman–Crippen MR) is 78.9 cm³/mol. The number of ether oxygens (including phenoxy) is 1. The largest absolute Gasteiger partial charge is 0.508 e. The third-order valence-corrected chi connectivity index (χ3v) is 2.55. The van der Waals surface area contributed by atoms with Crippen molar-refractivity contribution in [2.75, 3.05) is 6.61 Å². The summed E-state index contributed by atoms with van der Waals surface area (Å²) in [5.74, 6) is 0.254. The van der Waals surface area contributed by atoms with E-state index in [-0.39, 0.29) is 17.3 Å². The summed E-state index contributed by atoms with van der Waals surface area (Å²) in [4.78, 5) is 11.1. The van der Waals surface area contributed by atoms with Gasteiger partial charge in [0.1, 0.15) is 5.76 Å². The van der Waals surface area contributed by atoms with E-state index in [1.807, 2.05) is 6.92 Å². The molecule has 0 saturated heterocycles. The minimum Gasteiger partial charge on any atom is -0.508 e. The van der Waals surface area contributed by atoms with Crippen molar-refractivity contribution >= 4 is 11.9 Å². The van der Waals surface area contributed by atoms with Gasteiger partial charge in [0.05, 0.1) is 6.61 Å². The minimum absolute atomic E-state index is 0.0801. The van der Waals surface area contributed by atoms with Gasteiger partial charge in [-0.15, -0.1) is 0 Å². The highest BCUT2D eigenvalue weighted by Crippen LogP contribution is 2.27. The summed E-state index contributed by atoms with van der Waals surface area (Å²) >= 11 is 0. The lowest BCUT2D eigenvalue weighted by molar-refractivity contribution is -0.114. The molecule has 0 aliphatic heterocycles. The van der Waals surface area contributed by atoms with Gasteiger partial charge >= 0.3 is 0 Å². The highest BCUT2D eigenvalue weighted by molar-refractivity contribution is 5.90. The molecule has 0 fully saturated rings. The van der Waals surface area contributed by atoms with Crippen LogP contribution in [0.3, 0.4) is 0 Å². The number of carbonyl (C=O) groups excluding carboxylic acids is 1. The van der Waals surface area contributed by atoms with E-state index in [9.17, 15) is 15.0 Å². The molecule has 0 amide bonds. The molecule has 0 aromatic heterocycles. The van der Waals surface area contributed by atoms with Gasteiger partial charge in [0.15, 0.2) is 17.3 Å². The Morgan fingerprint density at radius 3 is 2.75 bits per heavy atom. The topological polar surface area (TPSA) is 66.8 Å². The molecule has 0 atom stereocenters. The molecular weight excluding hydrogens is 256 g/mol. The highest BCUT2D eigenvalue weighted by atomic mass is 16.5. The number of rotatable bonds is 7. The molecule has 1 aromatic rings. The van der Waals surface area contributed by atoms with Crippen LogP contribution < -0.4 is 4.74 Å². The maximum atomic E-state index is 11.1. The monoisotopic (exact) mass is 276 g/mol. The summed E-state index contributed by atoms with van der Waals surface area (Å²) in [6.45, 7) is 4.23. The summed E-state index contributed by atoms with van der Waals surface area (Å²) in [6.07, 6.45) is 5.47. The van der Waals surface area contributed by atoms with Crippen LogP contribution in [0, 0.1) is 0 Å². The van der Waals surface area contributed by atoms with Gasteiger partial charge in [0.2, 0.25) is 0 Å². The fourth-order valence-electron chi connectivity index (χ4n) is 1.46. The van der Waals surface area contributed by atoms with E-state index in [1.165, 1.54) is 18.2 Å². The Bertz CT molecular complexity index is 515. The minimum atomic E-state index is -0.134. The smallest absolute Gasteiger partial charge is 0.161 e. The number of benzene rings is 1. The van der Waals surface area contributed by atoms with Gasteiger partial charge in [-0.25, -0.2) is 0 Å². The Hall–Kier alpha value is -2.23. The molecule has 0 radical (unpaired) electrons. The average Bonchev–Trinajstić information content (AvgIpc) is 2.44. The van der Waals surface area contributed by atoms with E-state index in [0.29, 0.717) is 18.8 Å². The first kappa shape index (κ1) is 15.8. The second-order valence-electron chi connectivity index (χ2n) is 4.30. The van der Waals surface area contributed by atoms with Crippen molar-refractivity contribution in [1.29, 1.82) is 0 Å². The van der Waals surface area contributed by atoms with Crippen molar-refractivity contribution in [3.05, 3.63) is 41.7 Å². The molecule has 1 rings (SSSR count). The lowest BCUT2D eigenvalue weighted by atomic mass is 10.1. The molecule has 0 aliphatic rings. The molecule has 0 saturated carbocycles. The first-order chi connectivity index (χ1) is 9.56. The molecule has 20 heavy (non-hydrogen) atoms. The van der Waals surface area contributed by atoms with Crippen LogP contribution in [0.15, 0.2) is 36.1 Å². The second kappa shape index (κ2) is 8.04. The zero-order valence-electron chi connectivity index (χ0n) is 11.8. The number of phenols is 1. The SMILES string of the molecule is CCCOc1cc(C=CC(O)=CC(=O)CC)ccc1O. The van der Waals surface area contributed by atoms with E-state index in [1.54, 1.807) is 25.1 Å². The summed E-state index contributed by atoms with van der Waals surface area (Å²) in [5.41, 5.74) is 0.762. The molecule has 0 spiro atoms. The van der Waals surface area contributed by atoms with Gasteiger partial charge in [-0.2, -0.15) is 0 Å². The Labute approximate surface area is 119 Å². The van der Waals surface area contributed by atoms with Crippen molar-refractivity contribution in [3.63, 3.8) is 0 Å². The van der Waals surface area contributed by atoms with Crippen molar-refractivity contribution in [2.45, 2.75) is 26.7 Å². The number of phenolic OH excluding ortho intramolecular Hbond substituents is 1. The van der Waals surface area contributed by atoms with Crippen LogP contribution in [0.4, 0.5) is 0 Å². The Morgan fingerprint density at radius 2 is 2.10 bits per heavy atom. The van der Waals surface area contributed by atoms with Gasteiger partial charge in [-0.05, 0) is 30.2 Å². The first-order valence-corrected chi connectivity index (χ1v) is 6.64. The molecular formula is C16H20O4. The number of aliphatic hydroxyl groups is 1. The molecule has 4 nitrogen and oxygen atoms in total. The van der Waals surface area contributed by atoms with Crippen LogP contribution in [0.2, 0.25) is 0 Å². The number of ketones is 1. The van der Waals surface area contributed by atoms with E-state index in [4.69, 9.17) is 4.74 Å². The van der Waals surface area contributed by atoms with Crippen LogP contribution in [0.25, 0.3) is 6.08 Å². The normalized spacial score (nSPS) is 11.8. The first-order valence-electron chi connectivity index (χ1n) is 6.64. The van der Waals surface area contributed by atoms with Crippen molar-refractivity contribution in [1.82, 2.24) is 0 Å². The molecule has 1 aromatic carbocycles. The fourth-order valence-corrected chi connectivity index (χ4v) is 1.46. The van der Waals surface area contributed by atoms with Crippen molar-refractivity contribution < 1.29 is 19.7 Å². The number of aromatic hydroxyl groups is 1. The number of hydrogen-bond donors (Lipinski definition) is 2. The second-order valence-corrected chi connectivity index (χ2v) is 4.30. The number of aliphatic hydroxyl groups excluding tert-OH is 1. The predicted octanol–water partition coefficient (Wildman–Crippen LogP) is 3.62. The molecule has 0 aliphatic carbocycles. The molecule has 0 bridgehead atoms. The van der Waals surface area contributed by atoms with E-state index in [0.717, 1.165) is 12.0 Å². The van der Waals surface area contributed by atoms with Crippen LogP contribution in [-0.4, -0.2) is 22.6 Å². The zero-order valence-corrected chi connectivity index (χ0v) is 11.8. The summed E-state index contributed by atoms with van der Waals surface area (Å²) in [5, 5.41) is 19.2. The molecule has 4 heteroatoms. The zero-order chi connectivity index (χ0) is 15.0. The van der Waals surface area contributed by atoms with Gasteiger partial charge in [0, 0.05) is 12.5 Å². The van der Waals surface area contributed by atoms with Crippen LogP contribution in [-0.2, 0) is 4.79 Å². The van der Waals surface area contributed by atoms with Gasteiger partial charge in [-0.3, -0.25) is 4.79 Å². The van der Waals surface area contributed by atoms with Crippen molar-refractivity contribution in [2.24, 2.45) is 0 Å².